The first-order chi connectivity index (χ1) is 12.4. The van der Waals surface area contributed by atoms with Crippen molar-refractivity contribution >= 4 is 23.2 Å². The number of carbonyl (C=O) groups is 1. The maximum atomic E-state index is 12.9. The molecule has 0 aliphatic carbocycles. The van der Waals surface area contributed by atoms with Gasteiger partial charge in [-0.1, -0.05) is 11.6 Å². The highest BCUT2D eigenvalue weighted by molar-refractivity contribution is 6.33. The molecule has 0 saturated carbocycles. The molecule has 2 heterocycles. The van der Waals surface area contributed by atoms with Gasteiger partial charge in [-0.15, -0.1) is 12.3 Å². The number of terminal acetylenes is 1. The summed E-state index contributed by atoms with van der Waals surface area (Å²) < 4.78 is 5.85. The van der Waals surface area contributed by atoms with Crippen LogP contribution in [0.4, 0.5) is 5.69 Å². The molecule has 5 unspecified atom stereocenters. The molecule has 26 heavy (non-hydrogen) atoms. The van der Waals surface area contributed by atoms with Crippen LogP contribution < -0.4 is 15.8 Å². The smallest absolute Gasteiger partial charge is 0.255 e. The third-order valence-electron chi connectivity index (χ3n) is 5.50. The van der Waals surface area contributed by atoms with E-state index >= 15 is 0 Å². The number of rotatable bonds is 5. The van der Waals surface area contributed by atoms with Gasteiger partial charge in [0, 0.05) is 31.1 Å². The number of anilines is 1. The molecule has 2 saturated heterocycles. The van der Waals surface area contributed by atoms with Crippen LogP contribution in [0.5, 0.6) is 5.75 Å². The molecule has 5 atom stereocenters. The van der Waals surface area contributed by atoms with Gasteiger partial charge in [-0.2, -0.15) is 0 Å². The minimum atomic E-state index is -0.218. The van der Waals surface area contributed by atoms with Crippen molar-refractivity contribution in [3.8, 4) is 18.1 Å². The SMILES string of the molecule is C#CCC(C)Oc1cc(N)c(Cl)cc1C(=O)NC1CC2CCN(C1)C2C. The van der Waals surface area contributed by atoms with Crippen molar-refractivity contribution in [1.82, 2.24) is 10.2 Å². The van der Waals surface area contributed by atoms with Gasteiger partial charge in [-0.3, -0.25) is 9.69 Å². The number of nitrogen functional groups attached to an aromatic ring is 1. The number of benzene rings is 1. The maximum absolute atomic E-state index is 12.9. The zero-order valence-corrected chi connectivity index (χ0v) is 16.1. The molecule has 140 valence electrons. The van der Waals surface area contributed by atoms with Crippen molar-refractivity contribution in [2.45, 2.75) is 51.3 Å². The van der Waals surface area contributed by atoms with E-state index < -0.39 is 0 Å². The Hall–Kier alpha value is -1.90. The lowest BCUT2D eigenvalue weighted by Crippen LogP contribution is -2.50. The van der Waals surface area contributed by atoms with Gasteiger partial charge in [-0.25, -0.2) is 0 Å². The summed E-state index contributed by atoms with van der Waals surface area (Å²) in [4.78, 5) is 15.3. The van der Waals surface area contributed by atoms with Gasteiger partial charge in [0.2, 0.25) is 0 Å². The molecule has 2 aliphatic heterocycles. The number of fused-ring (bicyclic) bond motifs is 2. The number of ether oxygens (including phenoxy) is 1. The molecule has 0 aromatic heterocycles. The summed E-state index contributed by atoms with van der Waals surface area (Å²) in [5.74, 6) is 3.44. The lowest BCUT2D eigenvalue weighted by Gasteiger charge is -2.36. The number of hydrogen-bond donors (Lipinski definition) is 2. The number of nitrogens with zero attached hydrogens (tertiary/aromatic N) is 1. The average Bonchev–Trinajstić information content (AvgIpc) is 2.80. The zero-order chi connectivity index (χ0) is 18.8. The number of nitrogens with two attached hydrogens (primary N) is 1. The van der Waals surface area contributed by atoms with E-state index in [-0.39, 0.29) is 18.1 Å². The largest absolute Gasteiger partial charge is 0.489 e. The molecule has 3 rings (SSSR count). The summed E-state index contributed by atoms with van der Waals surface area (Å²) >= 11 is 6.14. The van der Waals surface area contributed by atoms with Crippen molar-refractivity contribution in [3.63, 3.8) is 0 Å². The van der Waals surface area contributed by atoms with Gasteiger partial charge in [0.15, 0.2) is 0 Å². The molecule has 3 N–H and O–H groups in total. The molecule has 1 aromatic rings. The molecule has 5 nitrogen and oxygen atoms in total. The van der Waals surface area contributed by atoms with E-state index in [2.05, 4.69) is 23.1 Å². The van der Waals surface area contributed by atoms with E-state index in [1.165, 1.54) is 6.42 Å². The van der Waals surface area contributed by atoms with E-state index in [1.807, 2.05) is 6.92 Å². The van der Waals surface area contributed by atoms with Crippen molar-refractivity contribution in [2.24, 2.45) is 5.92 Å². The van der Waals surface area contributed by atoms with Crippen LogP contribution in [0.25, 0.3) is 0 Å². The molecule has 1 aromatic carbocycles. The van der Waals surface area contributed by atoms with Crippen LogP contribution in [0.15, 0.2) is 12.1 Å². The Kier molecular flexibility index (Phi) is 5.64. The highest BCUT2D eigenvalue weighted by atomic mass is 35.5. The number of amides is 1. The van der Waals surface area contributed by atoms with Crippen LogP contribution >= 0.6 is 11.6 Å². The van der Waals surface area contributed by atoms with Gasteiger partial charge >= 0.3 is 0 Å². The van der Waals surface area contributed by atoms with Crippen LogP contribution in [-0.2, 0) is 0 Å². The molecular weight excluding hydrogens is 350 g/mol. The van der Waals surface area contributed by atoms with E-state index in [0.29, 0.717) is 40.4 Å². The van der Waals surface area contributed by atoms with Gasteiger partial charge in [-0.05, 0) is 45.2 Å². The highest BCUT2D eigenvalue weighted by Crippen LogP contribution is 2.34. The molecule has 2 bridgehead atoms. The van der Waals surface area contributed by atoms with Crippen molar-refractivity contribution in [3.05, 3.63) is 22.7 Å². The Morgan fingerprint density at radius 3 is 3.04 bits per heavy atom. The zero-order valence-electron chi connectivity index (χ0n) is 15.3. The number of carbonyl (C=O) groups excluding carboxylic acids is 1. The number of piperidine rings is 1. The first-order valence-corrected chi connectivity index (χ1v) is 9.51. The second kappa shape index (κ2) is 7.77. The summed E-state index contributed by atoms with van der Waals surface area (Å²) in [6.45, 7) is 6.13. The average molecular weight is 376 g/mol. The van der Waals surface area contributed by atoms with Gasteiger partial charge < -0.3 is 15.8 Å². The minimum Gasteiger partial charge on any atom is -0.489 e. The quantitative estimate of drug-likeness (QED) is 0.613. The Labute approximate surface area is 160 Å². The van der Waals surface area contributed by atoms with Crippen molar-refractivity contribution in [1.29, 1.82) is 0 Å². The second-order valence-corrected chi connectivity index (χ2v) is 7.80. The van der Waals surface area contributed by atoms with Gasteiger partial charge in [0.25, 0.3) is 5.91 Å². The molecule has 2 fully saturated rings. The lowest BCUT2D eigenvalue weighted by molar-refractivity contribution is 0.0876. The van der Waals surface area contributed by atoms with Crippen molar-refractivity contribution < 1.29 is 9.53 Å². The monoisotopic (exact) mass is 375 g/mol. The first kappa shape index (κ1) is 18.9. The van der Waals surface area contributed by atoms with Crippen LogP contribution in [0.3, 0.4) is 0 Å². The fourth-order valence-corrected chi connectivity index (χ4v) is 4.17. The molecule has 1 amide bonds. The highest BCUT2D eigenvalue weighted by Gasteiger charge is 2.38. The summed E-state index contributed by atoms with van der Waals surface area (Å²) in [5.41, 5.74) is 6.67. The minimum absolute atomic E-state index is 0.138. The first-order valence-electron chi connectivity index (χ1n) is 9.13. The predicted octanol–water partition coefficient (Wildman–Crippen LogP) is 2.93. The predicted molar refractivity (Wildman–Crippen MR) is 104 cm³/mol. The fourth-order valence-electron chi connectivity index (χ4n) is 4.01. The fraction of sp³-hybridized carbons (Fsp3) is 0.550. The third kappa shape index (κ3) is 3.92. The lowest BCUT2D eigenvalue weighted by atomic mass is 9.90. The Bertz CT molecular complexity index is 717. The Balaban J connectivity index is 1.76. The molecule has 0 spiro atoms. The second-order valence-electron chi connectivity index (χ2n) is 7.40. The summed E-state index contributed by atoms with van der Waals surface area (Å²) in [6, 6.07) is 3.92. The van der Waals surface area contributed by atoms with E-state index in [9.17, 15) is 4.79 Å². The summed E-state index contributed by atoms with van der Waals surface area (Å²) in [5, 5.41) is 3.49. The molecule has 2 aliphatic rings. The summed E-state index contributed by atoms with van der Waals surface area (Å²) in [7, 11) is 0. The van der Waals surface area contributed by atoms with Crippen molar-refractivity contribution in [2.75, 3.05) is 18.8 Å². The Morgan fingerprint density at radius 2 is 2.35 bits per heavy atom. The third-order valence-corrected chi connectivity index (χ3v) is 5.83. The van der Waals surface area contributed by atoms with Crippen LogP contribution in [0.2, 0.25) is 5.02 Å². The Morgan fingerprint density at radius 1 is 1.58 bits per heavy atom. The number of halogens is 1. The van der Waals surface area contributed by atoms with Gasteiger partial charge in [0.1, 0.15) is 11.9 Å². The normalized spacial score (nSPS) is 28.2. The number of hydrogen-bond acceptors (Lipinski definition) is 4. The van der Waals surface area contributed by atoms with Crippen LogP contribution in [-0.4, -0.2) is 42.1 Å². The van der Waals surface area contributed by atoms with Gasteiger partial charge in [0.05, 0.1) is 16.3 Å². The van der Waals surface area contributed by atoms with Crippen LogP contribution in [0.1, 0.15) is 43.5 Å². The number of nitrogens with one attached hydrogen (secondary N) is 1. The van der Waals surface area contributed by atoms with Crippen LogP contribution in [0, 0.1) is 18.3 Å². The van der Waals surface area contributed by atoms with E-state index in [0.717, 1.165) is 19.5 Å². The molecular formula is C20H26ClN3O2. The summed E-state index contributed by atoms with van der Waals surface area (Å²) in [6.07, 6.45) is 7.79. The standard InChI is InChI=1S/C20H26ClN3O2/c1-4-5-12(2)26-19-10-18(22)17(21)9-16(19)20(25)23-15-8-14-6-7-24(11-15)13(14)3/h1,9-10,12-15H,5-8,11,22H2,2-3H3,(H,23,25). The topological polar surface area (TPSA) is 67.6 Å². The van der Waals surface area contributed by atoms with E-state index in [1.54, 1.807) is 12.1 Å². The molecule has 0 radical (unpaired) electrons. The maximum Gasteiger partial charge on any atom is 0.255 e. The van der Waals surface area contributed by atoms with E-state index in [4.69, 9.17) is 28.5 Å². The molecule has 6 heteroatoms.